The molecule has 1 aliphatic rings. The third kappa shape index (κ3) is 5.09. The van der Waals surface area contributed by atoms with Crippen LogP contribution < -0.4 is 16.0 Å². The number of nitrogens with zero attached hydrogens (tertiary/aromatic N) is 1. The molecule has 1 heterocycles. The first-order valence-electron chi connectivity index (χ1n) is 9.05. The van der Waals surface area contributed by atoms with Crippen molar-refractivity contribution in [3.05, 3.63) is 35.9 Å². The molecule has 0 radical (unpaired) electrons. The van der Waals surface area contributed by atoms with E-state index in [0.29, 0.717) is 5.56 Å². The Balaban J connectivity index is 1.96. The topological polar surface area (TPSA) is 134 Å². The van der Waals surface area contributed by atoms with E-state index < -0.39 is 48.0 Å². The zero-order valence-corrected chi connectivity index (χ0v) is 16.6. The summed E-state index contributed by atoms with van der Waals surface area (Å²) in [6, 6.07) is 6.96. The van der Waals surface area contributed by atoms with Crippen molar-refractivity contribution >= 4 is 29.8 Å². The third-order valence-electron chi connectivity index (χ3n) is 4.25. The smallest absolute Gasteiger partial charge is 0.327 e. The second-order valence-electron chi connectivity index (χ2n) is 7.06. The lowest BCUT2D eigenvalue weighted by Gasteiger charge is -2.22. The number of ether oxygens (including phenoxy) is 1. The van der Waals surface area contributed by atoms with Gasteiger partial charge in [-0.1, -0.05) is 30.3 Å². The average Bonchev–Trinajstić information content (AvgIpc) is 2.85. The highest BCUT2D eigenvalue weighted by Crippen LogP contribution is 2.28. The normalized spacial score (nSPS) is 19.6. The molecular formula is C19H24N4O6. The van der Waals surface area contributed by atoms with E-state index in [0.717, 1.165) is 4.90 Å². The van der Waals surface area contributed by atoms with Gasteiger partial charge in [0.15, 0.2) is 6.10 Å². The summed E-state index contributed by atoms with van der Waals surface area (Å²) >= 11 is 0. The lowest BCUT2D eigenvalue weighted by molar-refractivity contribution is -0.156. The van der Waals surface area contributed by atoms with E-state index in [2.05, 4.69) is 10.6 Å². The Kier molecular flexibility index (Phi) is 6.57. The third-order valence-corrected chi connectivity index (χ3v) is 4.25. The predicted molar refractivity (Wildman–Crippen MR) is 101 cm³/mol. The van der Waals surface area contributed by atoms with Crippen molar-refractivity contribution in [3.63, 3.8) is 0 Å². The second-order valence-corrected chi connectivity index (χ2v) is 7.06. The first kappa shape index (κ1) is 21.9. The van der Waals surface area contributed by atoms with Crippen LogP contribution in [0.15, 0.2) is 30.3 Å². The molecule has 0 saturated carbocycles. The summed E-state index contributed by atoms with van der Waals surface area (Å²) < 4.78 is 4.95. The van der Waals surface area contributed by atoms with Gasteiger partial charge in [0, 0.05) is 6.04 Å². The summed E-state index contributed by atoms with van der Waals surface area (Å²) in [6.07, 6.45) is -1.29. The maximum Gasteiger partial charge on any atom is 0.327 e. The van der Waals surface area contributed by atoms with E-state index in [1.54, 1.807) is 44.2 Å². The number of nitrogens with one attached hydrogen (secondary N) is 3. The number of imide groups is 2. The Bertz CT molecular complexity index is 825. The fourth-order valence-corrected chi connectivity index (χ4v) is 2.74. The van der Waals surface area contributed by atoms with Gasteiger partial charge in [-0.25, -0.2) is 9.59 Å². The molecule has 0 aliphatic carbocycles. The Hall–Kier alpha value is -3.43. The molecule has 6 amide bonds. The molecule has 1 fully saturated rings. The number of amides is 6. The number of benzene rings is 1. The molecule has 0 spiro atoms. The van der Waals surface area contributed by atoms with Gasteiger partial charge < -0.3 is 15.4 Å². The quantitative estimate of drug-likeness (QED) is 0.470. The molecule has 1 saturated heterocycles. The highest BCUT2D eigenvalue weighted by atomic mass is 16.5. The van der Waals surface area contributed by atoms with Crippen LogP contribution in [-0.4, -0.2) is 53.4 Å². The van der Waals surface area contributed by atoms with Gasteiger partial charge in [0.25, 0.3) is 11.8 Å². The maximum atomic E-state index is 12.7. The first-order chi connectivity index (χ1) is 13.5. The molecule has 10 nitrogen and oxygen atoms in total. The second kappa shape index (κ2) is 8.72. The molecule has 0 unspecified atom stereocenters. The lowest BCUT2D eigenvalue weighted by Crippen LogP contribution is -2.47. The Morgan fingerprint density at radius 2 is 1.76 bits per heavy atom. The SMILES string of the molecule is CC(C)NC(=O)NC(=O)[C@H](C)OC(=O)CN1C(=O)N[C@@](C)(c2ccccc2)C1=O. The van der Waals surface area contributed by atoms with Gasteiger partial charge in [0.1, 0.15) is 12.1 Å². The monoisotopic (exact) mass is 404 g/mol. The lowest BCUT2D eigenvalue weighted by atomic mass is 9.92. The van der Waals surface area contributed by atoms with Crippen molar-refractivity contribution in [2.75, 3.05) is 6.54 Å². The van der Waals surface area contributed by atoms with Crippen molar-refractivity contribution in [2.45, 2.75) is 45.4 Å². The van der Waals surface area contributed by atoms with Crippen molar-refractivity contribution in [1.82, 2.24) is 20.9 Å². The number of hydrogen-bond donors (Lipinski definition) is 3. The minimum Gasteiger partial charge on any atom is -0.451 e. The summed E-state index contributed by atoms with van der Waals surface area (Å²) in [5.74, 6) is -2.40. The molecule has 1 aliphatic heterocycles. The molecule has 29 heavy (non-hydrogen) atoms. The van der Waals surface area contributed by atoms with Gasteiger partial charge in [-0.2, -0.15) is 0 Å². The first-order valence-corrected chi connectivity index (χ1v) is 9.05. The largest absolute Gasteiger partial charge is 0.451 e. The zero-order chi connectivity index (χ0) is 21.8. The van der Waals surface area contributed by atoms with Crippen molar-refractivity contribution in [1.29, 1.82) is 0 Å². The Morgan fingerprint density at radius 3 is 2.34 bits per heavy atom. The molecule has 2 rings (SSSR count). The van der Waals surface area contributed by atoms with Crippen LogP contribution in [0.2, 0.25) is 0 Å². The van der Waals surface area contributed by atoms with Crippen LogP contribution in [0.5, 0.6) is 0 Å². The number of rotatable bonds is 6. The number of esters is 1. The molecule has 3 N–H and O–H groups in total. The van der Waals surface area contributed by atoms with Gasteiger partial charge in [-0.3, -0.25) is 24.6 Å². The highest BCUT2D eigenvalue weighted by Gasteiger charge is 2.49. The van der Waals surface area contributed by atoms with Crippen LogP contribution in [0.4, 0.5) is 9.59 Å². The number of carbonyl (C=O) groups is 5. The van der Waals surface area contributed by atoms with Crippen molar-refractivity contribution in [3.8, 4) is 0 Å². The summed E-state index contributed by atoms with van der Waals surface area (Å²) in [6.45, 7) is 5.58. The van der Waals surface area contributed by atoms with E-state index in [1.807, 2.05) is 5.32 Å². The fourth-order valence-electron chi connectivity index (χ4n) is 2.74. The van der Waals surface area contributed by atoms with E-state index in [-0.39, 0.29) is 6.04 Å². The molecule has 0 bridgehead atoms. The molecule has 1 aromatic rings. The van der Waals surface area contributed by atoms with Gasteiger partial charge >= 0.3 is 18.0 Å². The summed E-state index contributed by atoms with van der Waals surface area (Å²) in [5, 5.41) is 7.07. The van der Waals surface area contributed by atoms with Crippen molar-refractivity contribution in [2.24, 2.45) is 0 Å². The van der Waals surface area contributed by atoms with Crippen LogP contribution in [0.1, 0.15) is 33.3 Å². The van der Waals surface area contributed by atoms with Crippen molar-refractivity contribution < 1.29 is 28.7 Å². The van der Waals surface area contributed by atoms with Gasteiger partial charge in [0.2, 0.25) is 0 Å². The number of urea groups is 2. The predicted octanol–water partition coefficient (Wildman–Crippen LogP) is 0.620. The van der Waals surface area contributed by atoms with Gasteiger partial charge in [-0.05, 0) is 33.3 Å². The van der Waals surface area contributed by atoms with Gasteiger partial charge in [0.05, 0.1) is 0 Å². The van der Waals surface area contributed by atoms with Crippen LogP contribution in [0.3, 0.4) is 0 Å². The average molecular weight is 404 g/mol. The highest BCUT2D eigenvalue weighted by molar-refractivity contribution is 6.09. The van der Waals surface area contributed by atoms with E-state index in [9.17, 15) is 24.0 Å². The standard InChI is InChI=1S/C19H24N4O6/c1-11(2)20-17(27)21-15(25)12(3)29-14(24)10-23-16(26)19(4,22-18(23)28)13-8-6-5-7-9-13/h5-9,11-12H,10H2,1-4H3,(H,22,28)(H2,20,21,25,27)/t12-,19-/m0/s1. The number of carbonyl (C=O) groups excluding carboxylic acids is 5. The van der Waals surface area contributed by atoms with E-state index >= 15 is 0 Å². The Morgan fingerprint density at radius 1 is 1.14 bits per heavy atom. The van der Waals surface area contributed by atoms with Crippen LogP contribution in [0, 0.1) is 0 Å². The molecule has 156 valence electrons. The van der Waals surface area contributed by atoms with E-state index in [4.69, 9.17) is 4.74 Å². The molecule has 10 heteroatoms. The van der Waals surface area contributed by atoms with Gasteiger partial charge in [-0.15, -0.1) is 0 Å². The zero-order valence-electron chi connectivity index (χ0n) is 16.6. The maximum absolute atomic E-state index is 12.7. The van der Waals surface area contributed by atoms with Crippen LogP contribution in [-0.2, 0) is 24.7 Å². The molecule has 1 aromatic carbocycles. The Labute approximate surface area is 168 Å². The minimum atomic E-state index is -1.31. The summed E-state index contributed by atoms with van der Waals surface area (Å²) in [5.41, 5.74) is -0.741. The summed E-state index contributed by atoms with van der Waals surface area (Å²) in [7, 11) is 0. The minimum absolute atomic E-state index is 0.181. The summed E-state index contributed by atoms with van der Waals surface area (Å²) in [4.78, 5) is 61.3. The fraction of sp³-hybridized carbons (Fsp3) is 0.421. The van der Waals surface area contributed by atoms with Crippen LogP contribution >= 0.6 is 0 Å². The molecule has 2 atom stereocenters. The van der Waals surface area contributed by atoms with E-state index in [1.165, 1.54) is 13.8 Å². The molecule has 0 aromatic heterocycles. The molecular weight excluding hydrogens is 380 g/mol. The number of hydrogen-bond acceptors (Lipinski definition) is 6. The van der Waals surface area contributed by atoms with Crippen LogP contribution in [0.25, 0.3) is 0 Å².